The van der Waals surface area contributed by atoms with Gasteiger partial charge in [-0.3, -0.25) is 16.3 Å². The normalized spacial score (nSPS) is 15.6. The molecule has 0 saturated heterocycles. The van der Waals surface area contributed by atoms with Gasteiger partial charge in [0.1, 0.15) is 11.5 Å². The molecule has 6 N–H and O–H groups in total. The van der Waals surface area contributed by atoms with E-state index in [1.807, 2.05) is 127 Å². The average molecular weight is 675 g/mol. The molecule has 0 saturated carbocycles. The van der Waals surface area contributed by atoms with Gasteiger partial charge in [0.05, 0.1) is 47.5 Å². The first-order valence-corrected chi connectivity index (χ1v) is 16.4. The molecular formula is C41H38N8O2. The SMILES string of the molecule is CC1(N/N=C/c2cc(-c3cc(/C=N/Nc4ccccc4)c(O)c(/C=N/Nc4ccccc4)c3)cc(/C=N/Nc3ccccc3)c2O)C=CC=CC1. The topological polar surface area (TPSA) is 138 Å². The van der Waals surface area contributed by atoms with E-state index in [4.69, 9.17) is 0 Å². The Morgan fingerprint density at radius 2 is 0.902 bits per heavy atom. The first kappa shape index (κ1) is 33.9. The van der Waals surface area contributed by atoms with Gasteiger partial charge in [-0.25, -0.2) is 0 Å². The zero-order valence-corrected chi connectivity index (χ0v) is 28.0. The fourth-order valence-corrected chi connectivity index (χ4v) is 5.21. The first-order chi connectivity index (χ1) is 25.0. The highest BCUT2D eigenvalue weighted by molar-refractivity contribution is 5.98. The van der Waals surface area contributed by atoms with Gasteiger partial charge in [0.25, 0.3) is 0 Å². The van der Waals surface area contributed by atoms with Gasteiger partial charge < -0.3 is 15.6 Å². The van der Waals surface area contributed by atoms with Crippen LogP contribution in [0.15, 0.2) is 160 Å². The molecule has 1 aliphatic carbocycles. The maximum atomic E-state index is 11.4. The Balaban J connectivity index is 1.39. The third kappa shape index (κ3) is 9.36. The van der Waals surface area contributed by atoms with E-state index in [0.29, 0.717) is 22.3 Å². The van der Waals surface area contributed by atoms with Crippen molar-refractivity contribution < 1.29 is 10.2 Å². The number of para-hydroxylation sites is 3. The number of benzene rings is 5. The molecule has 0 aliphatic heterocycles. The van der Waals surface area contributed by atoms with Gasteiger partial charge in [0.15, 0.2) is 0 Å². The summed E-state index contributed by atoms with van der Waals surface area (Å²) in [6.07, 6.45) is 15.2. The van der Waals surface area contributed by atoms with Crippen LogP contribution in [-0.4, -0.2) is 40.6 Å². The molecule has 10 nitrogen and oxygen atoms in total. The number of allylic oxidation sites excluding steroid dienone is 2. The lowest BCUT2D eigenvalue weighted by Crippen LogP contribution is -2.37. The highest BCUT2D eigenvalue weighted by Crippen LogP contribution is 2.33. The molecule has 1 unspecified atom stereocenters. The summed E-state index contributed by atoms with van der Waals surface area (Å²) in [5, 5.41) is 40.4. The number of hydrogen-bond acceptors (Lipinski definition) is 10. The Morgan fingerprint density at radius 1 is 0.529 bits per heavy atom. The molecule has 0 amide bonds. The first-order valence-electron chi connectivity index (χ1n) is 16.4. The Hall–Kier alpha value is -6.94. The summed E-state index contributed by atoms with van der Waals surface area (Å²) in [5.74, 6) is 0.00559. The minimum Gasteiger partial charge on any atom is -0.507 e. The van der Waals surface area contributed by atoms with Gasteiger partial charge in [-0.15, -0.1) is 0 Å². The van der Waals surface area contributed by atoms with Gasteiger partial charge in [0, 0.05) is 22.3 Å². The lowest BCUT2D eigenvalue weighted by Gasteiger charge is -2.25. The quantitative estimate of drug-likeness (QED) is 0.0549. The zero-order chi connectivity index (χ0) is 35.3. The van der Waals surface area contributed by atoms with Crippen LogP contribution in [0.1, 0.15) is 35.6 Å². The van der Waals surface area contributed by atoms with Crippen LogP contribution in [0.4, 0.5) is 17.1 Å². The van der Waals surface area contributed by atoms with Gasteiger partial charge >= 0.3 is 0 Å². The number of nitrogens with one attached hydrogen (secondary N) is 4. The summed E-state index contributed by atoms with van der Waals surface area (Å²) < 4.78 is 0. The van der Waals surface area contributed by atoms with E-state index in [0.717, 1.165) is 34.6 Å². The van der Waals surface area contributed by atoms with Crippen molar-refractivity contribution in [3.8, 4) is 22.6 Å². The molecule has 0 heterocycles. The minimum absolute atomic E-state index is 0.00239. The predicted octanol–water partition coefficient (Wildman–Crippen LogP) is 8.30. The molecule has 0 fully saturated rings. The summed E-state index contributed by atoms with van der Waals surface area (Å²) in [5.41, 5.74) is 17.6. The molecule has 10 heteroatoms. The van der Waals surface area contributed by atoms with Crippen molar-refractivity contribution in [2.75, 3.05) is 16.3 Å². The minimum atomic E-state index is -0.358. The van der Waals surface area contributed by atoms with E-state index in [1.54, 1.807) is 24.9 Å². The molecule has 6 rings (SSSR count). The summed E-state index contributed by atoms with van der Waals surface area (Å²) >= 11 is 0. The monoisotopic (exact) mass is 674 g/mol. The van der Waals surface area contributed by atoms with Crippen LogP contribution in [0.25, 0.3) is 11.1 Å². The second kappa shape index (κ2) is 16.4. The van der Waals surface area contributed by atoms with Crippen LogP contribution < -0.4 is 21.7 Å². The molecule has 5 aromatic carbocycles. The third-order valence-electron chi connectivity index (χ3n) is 7.96. The standard InChI is InChI=1S/C41H38N8O2/c1-41(20-12-5-13-21-41)49-45-29-35-25-31(24-34(40(35)51)28-44-48-38-18-10-4-11-19-38)30-22-32(26-42-46-36-14-6-2-7-15-36)39(50)33(23-30)27-43-47-37-16-8-3-9-17-37/h2-20,22-29,46-51H,21H2,1H3/b42-26+,43-27+,44-28+,45-29+. The van der Waals surface area contributed by atoms with Gasteiger partial charge in [0.2, 0.25) is 0 Å². The highest BCUT2D eigenvalue weighted by Gasteiger charge is 2.19. The van der Waals surface area contributed by atoms with Crippen LogP contribution in [0.2, 0.25) is 0 Å². The molecule has 0 bridgehead atoms. The van der Waals surface area contributed by atoms with Crippen molar-refractivity contribution in [2.24, 2.45) is 20.4 Å². The number of phenolic OH excluding ortho intramolecular Hbond substituents is 2. The fraction of sp³-hybridized carbons (Fsp3) is 0.0732. The second-order valence-electron chi connectivity index (χ2n) is 12.0. The Labute approximate surface area is 297 Å². The predicted molar refractivity (Wildman–Crippen MR) is 210 cm³/mol. The summed E-state index contributed by atoms with van der Waals surface area (Å²) in [6, 6.07) is 35.9. The van der Waals surface area contributed by atoms with Crippen molar-refractivity contribution in [2.45, 2.75) is 18.9 Å². The van der Waals surface area contributed by atoms with E-state index < -0.39 is 0 Å². The lowest BCUT2D eigenvalue weighted by molar-refractivity contribution is 0.453. The van der Waals surface area contributed by atoms with Crippen molar-refractivity contribution in [1.82, 2.24) is 5.43 Å². The van der Waals surface area contributed by atoms with Crippen LogP contribution in [-0.2, 0) is 0 Å². The fourth-order valence-electron chi connectivity index (χ4n) is 5.21. The van der Waals surface area contributed by atoms with Crippen molar-refractivity contribution in [1.29, 1.82) is 0 Å². The van der Waals surface area contributed by atoms with Crippen LogP contribution in [0, 0.1) is 0 Å². The third-order valence-corrected chi connectivity index (χ3v) is 7.96. The van der Waals surface area contributed by atoms with Crippen molar-refractivity contribution in [3.63, 3.8) is 0 Å². The van der Waals surface area contributed by atoms with Gasteiger partial charge in [-0.2, -0.15) is 20.4 Å². The largest absolute Gasteiger partial charge is 0.507 e. The molecule has 0 spiro atoms. The van der Waals surface area contributed by atoms with Gasteiger partial charge in [-0.1, -0.05) is 78.9 Å². The van der Waals surface area contributed by atoms with E-state index in [-0.39, 0.29) is 17.0 Å². The van der Waals surface area contributed by atoms with Crippen LogP contribution in [0.5, 0.6) is 11.5 Å². The smallest absolute Gasteiger partial charge is 0.133 e. The average Bonchev–Trinajstić information content (AvgIpc) is 3.16. The Kier molecular flexibility index (Phi) is 10.9. The van der Waals surface area contributed by atoms with Crippen molar-refractivity contribution >= 4 is 41.9 Å². The molecule has 254 valence electrons. The summed E-state index contributed by atoms with van der Waals surface area (Å²) in [7, 11) is 0. The van der Waals surface area contributed by atoms with E-state index in [2.05, 4.69) is 61.2 Å². The molecule has 0 aromatic heterocycles. The summed E-state index contributed by atoms with van der Waals surface area (Å²) in [6.45, 7) is 2.05. The number of nitrogens with zero attached hydrogens (tertiary/aromatic N) is 4. The molecular weight excluding hydrogens is 637 g/mol. The van der Waals surface area contributed by atoms with Crippen LogP contribution >= 0.6 is 0 Å². The molecule has 1 aliphatic rings. The molecule has 0 radical (unpaired) electrons. The van der Waals surface area contributed by atoms with Gasteiger partial charge in [-0.05, 0) is 85.1 Å². The number of rotatable bonds is 13. The number of hydrazone groups is 4. The number of anilines is 3. The summed E-state index contributed by atoms with van der Waals surface area (Å²) in [4.78, 5) is 0. The Bertz CT molecular complexity index is 2040. The molecule has 51 heavy (non-hydrogen) atoms. The van der Waals surface area contributed by atoms with Crippen molar-refractivity contribution in [3.05, 3.63) is 162 Å². The maximum Gasteiger partial charge on any atom is 0.133 e. The van der Waals surface area contributed by atoms with E-state index in [1.165, 1.54) is 0 Å². The number of hydrogen-bond donors (Lipinski definition) is 6. The Morgan fingerprint density at radius 3 is 1.25 bits per heavy atom. The maximum absolute atomic E-state index is 11.4. The second-order valence-corrected chi connectivity index (χ2v) is 12.0. The number of aromatic hydroxyl groups is 2. The zero-order valence-electron chi connectivity index (χ0n) is 28.0. The van der Waals surface area contributed by atoms with Crippen LogP contribution in [0.3, 0.4) is 0 Å². The van der Waals surface area contributed by atoms with E-state index in [9.17, 15) is 10.2 Å². The lowest BCUT2D eigenvalue weighted by atomic mass is 9.95. The highest BCUT2D eigenvalue weighted by atomic mass is 16.3. The molecule has 5 aromatic rings. The number of phenols is 2. The molecule has 1 atom stereocenters. The van der Waals surface area contributed by atoms with E-state index >= 15 is 0 Å².